The number of hydrogen-bond acceptors (Lipinski definition) is 3. The molecule has 0 heterocycles. The Hall–Kier alpha value is -1.81. The molecule has 20 heavy (non-hydrogen) atoms. The molecule has 2 aromatic rings. The van der Waals surface area contributed by atoms with E-state index in [1.807, 2.05) is 48.5 Å². The molecule has 0 N–H and O–H groups in total. The summed E-state index contributed by atoms with van der Waals surface area (Å²) in [5, 5.41) is 0. The van der Waals surface area contributed by atoms with Crippen LogP contribution in [0.1, 0.15) is 11.1 Å². The van der Waals surface area contributed by atoms with Crippen LogP contribution in [0.3, 0.4) is 0 Å². The second-order valence-electron chi connectivity index (χ2n) is 4.43. The lowest BCUT2D eigenvalue weighted by Crippen LogP contribution is -2.00. The fraction of sp³-hybridized carbons (Fsp3) is 0.250. The first-order chi connectivity index (χ1) is 9.71. The van der Waals surface area contributed by atoms with E-state index in [0.29, 0.717) is 11.5 Å². The number of methoxy groups -OCH3 is 2. The Kier molecular flexibility index (Phi) is 5.18. The molecule has 0 spiro atoms. The molecule has 3 nitrogen and oxygen atoms in total. The van der Waals surface area contributed by atoms with Crippen LogP contribution in [-0.4, -0.2) is 18.4 Å². The van der Waals surface area contributed by atoms with Gasteiger partial charge in [0.1, 0.15) is 11.5 Å². The summed E-state index contributed by atoms with van der Waals surface area (Å²) in [5.41, 5.74) is 2.04. The second kappa shape index (κ2) is 7.10. The zero-order chi connectivity index (χ0) is 14.4. The minimum atomic E-state index is -0.954. The van der Waals surface area contributed by atoms with Gasteiger partial charge in [0.25, 0.3) is 0 Å². The summed E-state index contributed by atoms with van der Waals surface area (Å²) in [7, 11) is 2.31. The van der Waals surface area contributed by atoms with Crippen molar-refractivity contribution < 1.29 is 13.7 Å². The fourth-order valence-electron chi connectivity index (χ4n) is 1.95. The summed E-state index contributed by atoms with van der Waals surface area (Å²) in [6.07, 6.45) is 0. The van der Waals surface area contributed by atoms with Crippen molar-refractivity contribution in [3.05, 3.63) is 59.7 Å². The van der Waals surface area contributed by atoms with Crippen molar-refractivity contribution in [3.63, 3.8) is 0 Å². The predicted molar refractivity (Wildman–Crippen MR) is 81.5 cm³/mol. The molecule has 2 aromatic carbocycles. The lowest BCUT2D eigenvalue weighted by Gasteiger charge is -2.06. The van der Waals surface area contributed by atoms with E-state index in [1.165, 1.54) is 0 Å². The Morgan fingerprint density at radius 1 is 0.850 bits per heavy atom. The van der Waals surface area contributed by atoms with E-state index in [9.17, 15) is 4.21 Å². The van der Waals surface area contributed by atoms with Gasteiger partial charge in [-0.1, -0.05) is 24.3 Å². The van der Waals surface area contributed by atoms with Crippen molar-refractivity contribution in [1.82, 2.24) is 0 Å². The number of benzene rings is 2. The maximum absolute atomic E-state index is 12.2. The van der Waals surface area contributed by atoms with Gasteiger partial charge in [-0.25, -0.2) is 0 Å². The summed E-state index contributed by atoms with van der Waals surface area (Å²) in [4.78, 5) is 0. The molecule has 0 amide bonds. The van der Waals surface area contributed by atoms with Gasteiger partial charge < -0.3 is 9.47 Å². The van der Waals surface area contributed by atoms with Gasteiger partial charge >= 0.3 is 0 Å². The molecule has 0 aliphatic heterocycles. The zero-order valence-electron chi connectivity index (χ0n) is 11.7. The molecule has 0 bridgehead atoms. The van der Waals surface area contributed by atoms with Crippen LogP contribution in [0.4, 0.5) is 0 Å². The van der Waals surface area contributed by atoms with E-state index in [-0.39, 0.29) is 0 Å². The van der Waals surface area contributed by atoms with Gasteiger partial charge in [-0.2, -0.15) is 0 Å². The van der Waals surface area contributed by atoms with Crippen LogP contribution in [0.5, 0.6) is 11.5 Å². The highest BCUT2D eigenvalue weighted by atomic mass is 32.2. The highest BCUT2D eigenvalue weighted by Crippen LogP contribution is 2.17. The Bertz CT molecular complexity index is 544. The van der Waals surface area contributed by atoms with Crippen LogP contribution in [0.2, 0.25) is 0 Å². The number of ether oxygens (including phenoxy) is 2. The third-order valence-electron chi connectivity index (χ3n) is 2.92. The van der Waals surface area contributed by atoms with Gasteiger partial charge in [-0.05, 0) is 35.4 Å². The molecule has 0 fully saturated rings. The van der Waals surface area contributed by atoms with E-state index in [1.54, 1.807) is 14.2 Å². The van der Waals surface area contributed by atoms with E-state index in [0.717, 1.165) is 22.6 Å². The quantitative estimate of drug-likeness (QED) is 0.820. The summed E-state index contributed by atoms with van der Waals surface area (Å²) < 4.78 is 22.5. The average Bonchev–Trinajstić information content (AvgIpc) is 2.47. The van der Waals surface area contributed by atoms with Gasteiger partial charge in [-0.15, -0.1) is 0 Å². The maximum Gasteiger partial charge on any atom is 0.119 e. The summed E-state index contributed by atoms with van der Waals surface area (Å²) >= 11 is 0. The SMILES string of the molecule is COc1cccc(CS(=O)Cc2cccc(OC)c2)c1. The molecule has 0 aliphatic rings. The van der Waals surface area contributed by atoms with Crippen molar-refractivity contribution in [3.8, 4) is 11.5 Å². The van der Waals surface area contributed by atoms with E-state index in [4.69, 9.17) is 9.47 Å². The van der Waals surface area contributed by atoms with Crippen molar-refractivity contribution >= 4 is 10.8 Å². The lowest BCUT2D eigenvalue weighted by molar-refractivity contribution is 0.414. The maximum atomic E-state index is 12.2. The molecule has 4 heteroatoms. The monoisotopic (exact) mass is 290 g/mol. The highest BCUT2D eigenvalue weighted by Gasteiger charge is 2.05. The summed E-state index contributed by atoms with van der Waals surface area (Å²) in [5.74, 6) is 2.63. The predicted octanol–water partition coefficient (Wildman–Crippen LogP) is 3.15. The molecule has 0 radical (unpaired) electrons. The molecule has 0 atom stereocenters. The van der Waals surface area contributed by atoms with Crippen LogP contribution in [-0.2, 0) is 22.3 Å². The van der Waals surface area contributed by atoms with Crippen molar-refractivity contribution in [2.75, 3.05) is 14.2 Å². The van der Waals surface area contributed by atoms with Crippen molar-refractivity contribution in [1.29, 1.82) is 0 Å². The Labute approximate surface area is 122 Å². The summed E-state index contributed by atoms with van der Waals surface area (Å²) in [6, 6.07) is 15.4. The summed E-state index contributed by atoms with van der Waals surface area (Å²) in [6.45, 7) is 0. The van der Waals surface area contributed by atoms with Crippen LogP contribution < -0.4 is 9.47 Å². The third kappa shape index (κ3) is 4.10. The smallest absolute Gasteiger partial charge is 0.119 e. The van der Waals surface area contributed by atoms with Gasteiger partial charge in [0, 0.05) is 22.3 Å². The molecule has 0 aliphatic carbocycles. The lowest BCUT2D eigenvalue weighted by atomic mass is 10.2. The van der Waals surface area contributed by atoms with E-state index >= 15 is 0 Å². The molecule has 2 rings (SSSR count). The van der Waals surface area contributed by atoms with Crippen LogP contribution >= 0.6 is 0 Å². The number of rotatable bonds is 6. The molecular formula is C16H18O3S. The van der Waals surface area contributed by atoms with Crippen molar-refractivity contribution in [2.24, 2.45) is 0 Å². The van der Waals surface area contributed by atoms with Crippen molar-refractivity contribution in [2.45, 2.75) is 11.5 Å². The third-order valence-corrected chi connectivity index (χ3v) is 4.23. The molecule has 0 saturated heterocycles. The highest BCUT2D eigenvalue weighted by molar-refractivity contribution is 7.83. The first-order valence-corrected chi connectivity index (χ1v) is 7.81. The zero-order valence-corrected chi connectivity index (χ0v) is 12.5. The normalized spacial score (nSPS) is 10.6. The first-order valence-electron chi connectivity index (χ1n) is 6.32. The fourth-order valence-corrected chi connectivity index (χ4v) is 3.15. The second-order valence-corrected chi connectivity index (χ2v) is 5.89. The molecule has 0 aromatic heterocycles. The minimum Gasteiger partial charge on any atom is -0.497 e. The number of hydrogen-bond donors (Lipinski definition) is 0. The largest absolute Gasteiger partial charge is 0.497 e. The van der Waals surface area contributed by atoms with Gasteiger partial charge in [0.05, 0.1) is 14.2 Å². The van der Waals surface area contributed by atoms with Crippen LogP contribution in [0.25, 0.3) is 0 Å². The topological polar surface area (TPSA) is 35.5 Å². The molecule has 106 valence electrons. The average molecular weight is 290 g/mol. The van der Waals surface area contributed by atoms with Gasteiger partial charge in [0.2, 0.25) is 0 Å². The molecule has 0 unspecified atom stereocenters. The minimum absolute atomic E-state index is 0.522. The Balaban J connectivity index is 2.01. The first kappa shape index (κ1) is 14.6. The Morgan fingerprint density at radius 2 is 1.30 bits per heavy atom. The van der Waals surface area contributed by atoms with Gasteiger partial charge in [0.15, 0.2) is 0 Å². The van der Waals surface area contributed by atoms with Crippen LogP contribution in [0, 0.1) is 0 Å². The van der Waals surface area contributed by atoms with E-state index < -0.39 is 10.8 Å². The Morgan fingerprint density at radius 3 is 1.70 bits per heavy atom. The molecule has 0 saturated carbocycles. The van der Waals surface area contributed by atoms with Crippen LogP contribution in [0.15, 0.2) is 48.5 Å². The van der Waals surface area contributed by atoms with Gasteiger partial charge in [-0.3, -0.25) is 4.21 Å². The standard InChI is InChI=1S/C16H18O3S/c1-18-15-7-3-5-13(9-15)11-20(17)12-14-6-4-8-16(10-14)19-2/h3-10H,11-12H2,1-2H3. The van der Waals surface area contributed by atoms with E-state index in [2.05, 4.69) is 0 Å². The molecular weight excluding hydrogens is 272 g/mol.